The molecule has 0 bridgehead atoms. The fraction of sp³-hybridized carbons (Fsp3) is 0.846. The molecular weight excluding hydrogens is 220 g/mol. The van der Waals surface area contributed by atoms with Crippen molar-refractivity contribution < 1.29 is 19.1 Å². The van der Waals surface area contributed by atoms with Crippen LogP contribution in [-0.4, -0.2) is 17.7 Å². The average Bonchev–Trinajstić information content (AvgIpc) is 2.15. The van der Waals surface area contributed by atoms with Crippen LogP contribution in [0.2, 0.25) is 0 Å². The highest BCUT2D eigenvalue weighted by Gasteiger charge is 2.49. The fourth-order valence-electron chi connectivity index (χ4n) is 2.96. The van der Waals surface area contributed by atoms with Gasteiger partial charge >= 0.3 is 11.9 Å². The van der Waals surface area contributed by atoms with Crippen molar-refractivity contribution in [3.05, 3.63) is 0 Å². The van der Waals surface area contributed by atoms with E-state index in [2.05, 4.69) is 6.92 Å². The quantitative estimate of drug-likeness (QED) is 0.564. The molecule has 2 unspecified atom stereocenters. The lowest BCUT2D eigenvalue weighted by Crippen LogP contribution is -2.50. The molecule has 1 rings (SSSR count). The molecule has 0 aliphatic heterocycles. The highest BCUT2D eigenvalue weighted by molar-refractivity contribution is 5.69. The molecule has 2 atom stereocenters. The summed E-state index contributed by atoms with van der Waals surface area (Å²) in [4.78, 5) is 22.5. The number of rotatable bonds is 3. The maximum absolute atomic E-state index is 11.3. The highest BCUT2D eigenvalue weighted by atomic mass is 16.7. The van der Waals surface area contributed by atoms with Crippen LogP contribution in [0.15, 0.2) is 0 Å². The van der Waals surface area contributed by atoms with Gasteiger partial charge in [0.15, 0.2) is 0 Å². The lowest BCUT2D eigenvalue weighted by atomic mass is 9.74. The third-order valence-electron chi connectivity index (χ3n) is 3.51. The molecule has 98 valence electrons. The summed E-state index contributed by atoms with van der Waals surface area (Å²) in [5.74, 6) is -1.33. The van der Waals surface area contributed by atoms with Gasteiger partial charge in [0.25, 0.3) is 5.79 Å². The summed E-state index contributed by atoms with van der Waals surface area (Å²) in [5.41, 5.74) is 0. The zero-order valence-corrected chi connectivity index (χ0v) is 11.1. The van der Waals surface area contributed by atoms with E-state index >= 15 is 0 Å². The van der Waals surface area contributed by atoms with E-state index in [-0.39, 0.29) is 17.9 Å². The minimum atomic E-state index is -1.04. The van der Waals surface area contributed by atoms with E-state index in [1.165, 1.54) is 13.8 Å². The third-order valence-corrected chi connectivity index (χ3v) is 3.51. The minimum Gasteiger partial charge on any atom is -0.422 e. The Bertz CT molecular complexity index is 282. The van der Waals surface area contributed by atoms with Crippen molar-refractivity contribution >= 4 is 11.9 Å². The summed E-state index contributed by atoms with van der Waals surface area (Å²) in [6.07, 6.45) is 3.44. The van der Waals surface area contributed by atoms with Gasteiger partial charge in [-0.15, -0.1) is 0 Å². The molecule has 4 heteroatoms. The Labute approximate surface area is 103 Å². The summed E-state index contributed by atoms with van der Waals surface area (Å²) in [5, 5.41) is 0. The SMILES string of the molecule is CCC1C(C)CCCC1(OC(C)=O)OC(C)=O. The fourth-order valence-corrected chi connectivity index (χ4v) is 2.96. The zero-order valence-electron chi connectivity index (χ0n) is 11.1. The van der Waals surface area contributed by atoms with Crippen molar-refractivity contribution in [2.75, 3.05) is 0 Å². The van der Waals surface area contributed by atoms with Crippen LogP contribution in [0.25, 0.3) is 0 Å². The van der Waals surface area contributed by atoms with Gasteiger partial charge in [-0.2, -0.15) is 0 Å². The smallest absolute Gasteiger partial charge is 0.305 e. The van der Waals surface area contributed by atoms with E-state index < -0.39 is 5.79 Å². The molecule has 0 N–H and O–H groups in total. The Balaban J connectivity index is 2.99. The number of hydrogen-bond acceptors (Lipinski definition) is 4. The second-order valence-corrected chi connectivity index (χ2v) is 4.88. The predicted molar refractivity (Wildman–Crippen MR) is 63.1 cm³/mol. The van der Waals surface area contributed by atoms with Gasteiger partial charge in [-0.25, -0.2) is 0 Å². The molecule has 0 saturated heterocycles. The van der Waals surface area contributed by atoms with Gasteiger partial charge in [0.05, 0.1) is 0 Å². The van der Waals surface area contributed by atoms with Crippen molar-refractivity contribution in [1.29, 1.82) is 0 Å². The van der Waals surface area contributed by atoms with Crippen LogP contribution in [-0.2, 0) is 19.1 Å². The van der Waals surface area contributed by atoms with Crippen molar-refractivity contribution in [2.24, 2.45) is 11.8 Å². The summed E-state index contributed by atoms with van der Waals surface area (Å²) in [6, 6.07) is 0. The standard InChI is InChI=1S/C13H22O4/c1-5-12-9(2)7-6-8-13(12,16-10(3)14)17-11(4)15/h9,12H,5-8H2,1-4H3. The molecule has 0 radical (unpaired) electrons. The van der Waals surface area contributed by atoms with Crippen molar-refractivity contribution in [3.8, 4) is 0 Å². The lowest BCUT2D eigenvalue weighted by molar-refractivity contribution is -0.263. The van der Waals surface area contributed by atoms with Gasteiger partial charge in [0.1, 0.15) is 0 Å². The molecule has 1 aliphatic carbocycles. The topological polar surface area (TPSA) is 52.6 Å². The molecule has 1 fully saturated rings. The molecule has 0 spiro atoms. The van der Waals surface area contributed by atoms with Gasteiger partial charge in [0, 0.05) is 26.2 Å². The Kier molecular flexibility index (Phi) is 4.54. The maximum Gasteiger partial charge on any atom is 0.305 e. The summed E-state index contributed by atoms with van der Waals surface area (Å²) >= 11 is 0. The van der Waals surface area contributed by atoms with Gasteiger partial charge in [-0.1, -0.05) is 13.8 Å². The van der Waals surface area contributed by atoms with Gasteiger partial charge in [-0.05, 0) is 25.2 Å². The lowest BCUT2D eigenvalue weighted by Gasteiger charge is -2.44. The van der Waals surface area contributed by atoms with Crippen molar-refractivity contribution in [3.63, 3.8) is 0 Å². The zero-order chi connectivity index (χ0) is 13.1. The number of carbonyl (C=O) groups is 2. The maximum atomic E-state index is 11.3. The van der Waals surface area contributed by atoms with Crippen LogP contribution in [0.5, 0.6) is 0 Å². The van der Waals surface area contributed by atoms with E-state index in [1.807, 2.05) is 6.92 Å². The molecule has 0 amide bonds. The summed E-state index contributed by atoms with van der Waals surface area (Å²) < 4.78 is 10.8. The first-order valence-electron chi connectivity index (χ1n) is 6.30. The summed E-state index contributed by atoms with van der Waals surface area (Å²) in [7, 11) is 0. The molecular formula is C13H22O4. The molecule has 0 aromatic heterocycles. The van der Waals surface area contributed by atoms with Crippen LogP contribution in [0.1, 0.15) is 53.4 Å². The molecule has 1 aliphatic rings. The largest absolute Gasteiger partial charge is 0.422 e. The number of esters is 2. The first-order chi connectivity index (χ1) is 7.91. The second-order valence-electron chi connectivity index (χ2n) is 4.88. The summed E-state index contributed by atoms with van der Waals surface area (Å²) in [6.45, 7) is 6.87. The number of carbonyl (C=O) groups excluding carboxylic acids is 2. The van der Waals surface area contributed by atoms with Crippen LogP contribution < -0.4 is 0 Å². The second kappa shape index (κ2) is 5.52. The van der Waals surface area contributed by atoms with Gasteiger partial charge in [0.2, 0.25) is 0 Å². The highest BCUT2D eigenvalue weighted by Crippen LogP contribution is 2.43. The molecule has 0 aromatic carbocycles. The predicted octanol–water partition coefficient (Wildman–Crippen LogP) is 2.66. The Morgan fingerprint density at radius 1 is 1.24 bits per heavy atom. The van der Waals surface area contributed by atoms with Crippen LogP contribution in [0, 0.1) is 11.8 Å². The first kappa shape index (κ1) is 14.0. The van der Waals surface area contributed by atoms with Crippen molar-refractivity contribution in [1.82, 2.24) is 0 Å². The van der Waals surface area contributed by atoms with E-state index in [4.69, 9.17) is 9.47 Å². The molecule has 4 nitrogen and oxygen atoms in total. The van der Waals surface area contributed by atoms with E-state index in [0.717, 1.165) is 19.3 Å². The Morgan fingerprint density at radius 3 is 2.18 bits per heavy atom. The van der Waals surface area contributed by atoms with Gasteiger partial charge in [-0.3, -0.25) is 9.59 Å². The monoisotopic (exact) mass is 242 g/mol. The van der Waals surface area contributed by atoms with Crippen LogP contribution in [0.3, 0.4) is 0 Å². The first-order valence-corrected chi connectivity index (χ1v) is 6.30. The Hall–Kier alpha value is -1.06. The molecule has 0 aromatic rings. The normalized spacial score (nSPS) is 27.3. The van der Waals surface area contributed by atoms with E-state index in [0.29, 0.717) is 12.3 Å². The average molecular weight is 242 g/mol. The van der Waals surface area contributed by atoms with E-state index in [9.17, 15) is 9.59 Å². The Morgan fingerprint density at radius 2 is 1.76 bits per heavy atom. The van der Waals surface area contributed by atoms with Gasteiger partial charge < -0.3 is 9.47 Å². The van der Waals surface area contributed by atoms with Crippen LogP contribution >= 0.6 is 0 Å². The minimum absolute atomic E-state index is 0.0871. The molecule has 1 saturated carbocycles. The number of hydrogen-bond donors (Lipinski definition) is 0. The molecule has 17 heavy (non-hydrogen) atoms. The third kappa shape index (κ3) is 3.20. The van der Waals surface area contributed by atoms with Crippen LogP contribution in [0.4, 0.5) is 0 Å². The van der Waals surface area contributed by atoms with Crippen molar-refractivity contribution in [2.45, 2.75) is 59.2 Å². The number of ether oxygens (including phenoxy) is 2. The van der Waals surface area contributed by atoms with E-state index in [1.54, 1.807) is 0 Å². The molecule has 0 heterocycles.